The van der Waals surface area contributed by atoms with Crippen LogP contribution in [0.15, 0.2) is 24.3 Å². The summed E-state index contributed by atoms with van der Waals surface area (Å²) in [5.74, 6) is 0.656. The molecule has 2 atom stereocenters. The predicted molar refractivity (Wildman–Crippen MR) is 87.3 cm³/mol. The molecule has 2 aliphatic rings. The molecule has 124 valence electrons. The van der Waals surface area contributed by atoms with E-state index in [-0.39, 0.29) is 17.9 Å². The van der Waals surface area contributed by atoms with Gasteiger partial charge in [0, 0.05) is 32.1 Å². The van der Waals surface area contributed by atoms with Crippen molar-refractivity contribution in [2.45, 2.75) is 38.3 Å². The van der Waals surface area contributed by atoms with E-state index in [1.54, 1.807) is 11.8 Å². The minimum absolute atomic E-state index is 0.0716. The lowest BCUT2D eigenvalue weighted by molar-refractivity contribution is -0.131. The summed E-state index contributed by atoms with van der Waals surface area (Å²) in [4.78, 5) is 28.4. The van der Waals surface area contributed by atoms with Gasteiger partial charge in [0.1, 0.15) is 5.75 Å². The molecule has 6 heteroatoms. The summed E-state index contributed by atoms with van der Waals surface area (Å²) in [6, 6.07) is 7.58. The third kappa shape index (κ3) is 3.03. The Balaban J connectivity index is 1.70. The molecule has 1 aromatic carbocycles. The molecule has 0 aromatic heterocycles. The molecule has 2 heterocycles. The number of ether oxygens (including phenoxy) is 1. The van der Waals surface area contributed by atoms with Crippen molar-refractivity contribution >= 4 is 17.5 Å². The summed E-state index contributed by atoms with van der Waals surface area (Å²) >= 11 is 0. The SMILES string of the molecule is CC1Oc2ccccc2N(CCC(=O)N2CCCC2CN)C1=O. The highest BCUT2D eigenvalue weighted by molar-refractivity contribution is 6.00. The van der Waals surface area contributed by atoms with Crippen molar-refractivity contribution in [1.82, 2.24) is 4.90 Å². The molecular weight excluding hydrogens is 294 g/mol. The molecule has 1 aromatic rings. The summed E-state index contributed by atoms with van der Waals surface area (Å²) in [6.07, 6.45) is 1.76. The molecule has 1 fully saturated rings. The molecule has 0 bridgehead atoms. The zero-order chi connectivity index (χ0) is 16.4. The number of carbonyl (C=O) groups is 2. The number of nitrogens with zero attached hydrogens (tertiary/aromatic N) is 2. The molecular formula is C17H23N3O3. The normalized spacial score (nSPS) is 23.7. The first-order chi connectivity index (χ1) is 11.1. The molecule has 0 aliphatic carbocycles. The second-order valence-corrected chi connectivity index (χ2v) is 6.09. The van der Waals surface area contributed by atoms with E-state index in [0.29, 0.717) is 25.3 Å². The van der Waals surface area contributed by atoms with E-state index in [1.165, 1.54) is 0 Å². The summed E-state index contributed by atoms with van der Waals surface area (Å²) < 4.78 is 5.61. The lowest BCUT2D eigenvalue weighted by atomic mass is 10.1. The maximum absolute atomic E-state index is 12.5. The van der Waals surface area contributed by atoms with Gasteiger partial charge in [-0.1, -0.05) is 12.1 Å². The van der Waals surface area contributed by atoms with Crippen LogP contribution in [0.5, 0.6) is 5.75 Å². The van der Waals surface area contributed by atoms with Crippen LogP contribution in [0.4, 0.5) is 5.69 Å². The van der Waals surface area contributed by atoms with Crippen LogP contribution in [-0.2, 0) is 9.59 Å². The minimum Gasteiger partial charge on any atom is -0.479 e. The van der Waals surface area contributed by atoms with Gasteiger partial charge in [0.25, 0.3) is 5.91 Å². The summed E-state index contributed by atoms with van der Waals surface area (Å²) in [6.45, 7) is 3.38. The average molecular weight is 317 g/mol. The van der Waals surface area contributed by atoms with Gasteiger partial charge in [-0.25, -0.2) is 0 Å². The predicted octanol–water partition coefficient (Wildman–Crippen LogP) is 1.14. The lowest BCUT2D eigenvalue weighted by Crippen LogP contribution is -2.47. The maximum atomic E-state index is 12.5. The average Bonchev–Trinajstić information content (AvgIpc) is 3.04. The van der Waals surface area contributed by atoms with Crippen LogP contribution in [0, 0.1) is 0 Å². The minimum atomic E-state index is -0.524. The van der Waals surface area contributed by atoms with Crippen molar-refractivity contribution < 1.29 is 14.3 Å². The van der Waals surface area contributed by atoms with Gasteiger partial charge in [0.05, 0.1) is 5.69 Å². The molecule has 1 saturated heterocycles. The van der Waals surface area contributed by atoms with E-state index in [2.05, 4.69) is 0 Å². The monoisotopic (exact) mass is 317 g/mol. The van der Waals surface area contributed by atoms with Crippen molar-refractivity contribution in [3.63, 3.8) is 0 Å². The Morgan fingerprint density at radius 2 is 2.17 bits per heavy atom. The third-order valence-electron chi connectivity index (χ3n) is 4.59. The lowest BCUT2D eigenvalue weighted by Gasteiger charge is -2.33. The summed E-state index contributed by atoms with van der Waals surface area (Å²) in [5.41, 5.74) is 6.47. The van der Waals surface area contributed by atoms with Crippen LogP contribution in [0.3, 0.4) is 0 Å². The Morgan fingerprint density at radius 1 is 1.39 bits per heavy atom. The second-order valence-electron chi connectivity index (χ2n) is 6.09. The fraction of sp³-hybridized carbons (Fsp3) is 0.529. The summed E-state index contributed by atoms with van der Waals surface area (Å²) in [7, 11) is 0. The fourth-order valence-electron chi connectivity index (χ4n) is 3.35. The first-order valence-corrected chi connectivity index (χ1v) is 8.18. The first kappa shape index (κ1) is 15.8. The van der Waals surface area contributed by atoms with Crippen molar-refractivity contribution in [2.75, 3.05) is 24.5 Å². The van der Waals surface area contributed by atoms with Gasteiger partial charge in [-0.2, -0.15) is 0 Å². The van der Waals surface area contributed by atoms with E-state index < -0.39 is 6.10 Å². The van der Waals surface area contributed by atoms with Crippen LogP contribution >= 0.6 is 0 Å². The van der Waals surface area contributed by atoms with E-state index in [1.807, 2.05) is 29.2 Å². The molecule has 3 rings (SSSR count). The molecule has 2 unspecified atom stereocenters. The van der Waals surface area contributed by atoms with E-state index in [9.17, 15) is 9.59 Å². The van der Waals surface area contributed by atoms with Crippen LogP contribution in [0.25, 0.3) is 0 Å². The Hall–Kier alpha value is -2.08. The largest absolute Gasteiger partial charge is 0.479 e. The van der Waals surface area contributed by atoms with Crippen LogP contribution in [-0.4, -0.2) is 48.5 Å². The van der Waals surface area contributed by atoms with Gasteiger partial charge in [-0.15, -0.1) is 0 Å². The van der Waals surface area contributed by atoms with Gasteiger partial charge >= 0.3 is 0 Å². The number of anilines is 1. The number of rotatable bonds is 4. The second kappa shape index (κ2) is 6.58. The Bertz CT molecular complexity index is 605. The van der Waals surface area contributed by atoms with Crippen LogP contribution in [0.1, 0.15) is 26.2 Å². The van der Waals surface area contributed by atoms with E-state index in [0.717, 1.165) is 25.1 Å². The van der Waals surface area contributed by atoms with Crippen LogP contribution in [0.2, 0.25) is 0 Å². The van der Waals surface area contributed by atoms with Gasteiger partial charge in [-0.05, 0) is 31.9 Å². The molecule has 6 nitrogen and oxygen atoms in total. The van der Waals surface area contributed by atoms with Crippen molar-refractivity contribution in [1.29, 1.82) is 0 Å². The smallest absolute Gasteiger partial charge is 0.267 e. The van der Waals surface area contributed by atoms with Crippen molar-refractivity contribution in [3.8, 4) is 5.75 Å². The Labute approximate surface area is 136 Å². The highest BCUT2D eigenvalue weighted by atomic mass is 16.5. The topological polar surface area (TPSA) is 75.9 Å². The van der Waals surface area contributed by atoms with Crippen molar-refractivity contribution in [3.05, 3.63) is 24.3 Å². The number of fused-ring (bicyclic) bond motifs is 1. The number of para-hydroxylation sites is 2. The van der Waals surface area contributed by atoms with Gasteiger partial charge in [0.15, 0.2) is 6.10 Å². The van der Waals surface area contributed by atoms with Gasteiger partial charge < -0.3 is 20.3 Å². The molecule has 2 N–H and O–H groups in total. The molecule has 2 amide bonds. The zero-order valence-corrected chi connectivity index (χ0v) is 13.4. The zero-order valence-electron chi connectivity index (χ0n) is 13.4. The van der Waals surface area contributed by atoms with Crippen LogP contribution < -0.4 is 15.4 Å². The molecule has 0 spiro atoms. The number of benzene rings is 1. The number of amides is 2. The van der Waals surface area contributed by atoms with Gasteiger partial charge in [-0.3, -0.25) is 9.59 Å². The quantitative estimate of drug-likeness (QED) is 0.903. The number of likely N-dealkylation sites (tertiary alicyclic amines) is 1. The molecule has 0 radical (unpaired) electrons. The third-order valence-corrected chi connectivity index (χ3v) is 4.59. The number of carbonyl (C=O) groups excluding carboxylic acids is 2. The van der Waals surface area contributed by atoms with Gasteiger partial charge in [0.2, 0.25) is 5.91 Å². The Morgan fingerprint density at radius 3 is 2.96 bits per heavy atom. The van der Waals surface area contributed by atoms with E-state index >= 15 is 0 Å². The number of hydrogen-bond acceptors (Lipinski definition) is 4. The standard InChI is InChI=1S/C17H23N3O3/c1-12-17(22)20(14-6-2-3-7-15(14)23-12)10-8-16(21)19-9-4-5-13(19)11-18/h2-3,6-7,12-13H,4-5,8-11,18H2,1H3. The fourth-order valence-corrected chi connectivity index (χ4v) is 3.35. The molecule has 2 aliphatic heterocycles. The summed E-state index contributed by atoms with van der Waals surface area (Å²) in [5, 5.41) is 0. The number of nitrogens with two attached hydrogens (primary N) is 1. The van der Waals surface area contributed by atoms with E-state index in [4.69, 9.17) is 10.5 Å². The Kier molecular flexibility index (Phi) is 4.52. The first-order valence-electron chi connectivity index (χ1n) is 8.18. The molecule has 0 saturated carbocycles. The highest BCUT2D eigenvalue weighted by Crippen LogP contribution is 2.33. The highest BCUT2D eigenvalue weighted by Gasteiger charge is 2.33. The maximum Gasteiger partial charge on any atom is 0.267 e. The van der Waals surface area contributed by atoms with Crippen molar-refractivity contribution in [2.24, 2.45) is 5.73 Å². The molecule has 23 heavy (non-hydrogen) atoms. The number of hydrogen-bond donors (Lipinski definition) is 1.